The molecule has 0 saturated carbocycles. The molecule has 7 nitrogen and oxygen atoms in total. The number of carbonyl (C=O) groups excluding carboxylic acids is 1. The summed E-state index contributed by atoms with van der Waals surface area (Å²) in [4.78, 5) is 23.9. The maximum absolute atomic E-state index is 12.3. The lowest BCUT2D eigenvalue weighted by molar-refractivity contribution is -0.121. The number of aryl methyl sites for hydroxylation is 1. The predicted molar refractivity (Wildman–Crippen MR) is 81.7 cm³/mol. The molecular formula is C15H19N5O2. The van der Waals surface area contributed by atoms with Crippen LogP contribution in [-0.4, -0.2) is 34.0 Å². The molecule has 2 aromatic heterocycles. The number of fused-ring (bicyclic) bond motifs is 1. The number of H-pyrrole nitrogens is 1. The van der Waals surface area contributed by atoms with Crippen LogP contribution < -0.4 is 15.4 Å². The standard InChI is InChI=1S/C15H19N5O2/c1-3-12-16-7-10(18-12)8-17-15(21)11-6-9-4-5-13(22-2)20-14(9)19-11/h4-5,7,11H,3,6,8H2,1-2H3,(H,16,18)(H,17,21)(H,19,20). The van der Waals surface area contributed by atoms with Crippen LogP contribution in [0.25, 0.3) is 0 Å². The van der Waals surface area contributed by atoms with Gasteiger partial charge in [0.25, 0.3) is 0 Å². The first-order valence-corrected chi connectivity index (χ1v) is 7.30. The molecule has 0 radical (unpaired) electrons. The smallest absolute Gasteiger partial charge is 0.243 e. The summed E-state index contributed by atoms with van der Waals surface area (Å²) in [5.74, 6) is 2.13. The van der Waals surface area contributed by atoms with Gasteiger partial charge in [0.15, 0.2) is 0 Å². The van der Waals surface area contributed by atoms with Gasteiger partial charge < -0.3 is 20.4 Å². The quantitative estimate of drug-likeness (QED) is 0.767. The summed E-state index contributed by atoms with van der Waals surface area (Å²) in [5.41, 5.74) is 1.93. The third-order valence-corrected chi connectivity index (χ3v) is 3.68. The summed E-state index contributed by atoms with van der Waals surface area (Å²) >= 11 is 0. The van der Waals surface area contributed by atoms with Gasteiger partial charge in [0, 0.05) is 18.9 Å². The van der Waals surface area contributed by atoms with Crippen molar-refractivity contribution >= 4 is 11.7 Å². The van der Waals surface area contributed by atoms with E-state index in [0.717, 1.165) is 23.5 Å². The van der Waals surface area contributed by atoms with Crippen LogP contribution in [0.15, 0.2) is 18.3 Å². The van der Waals surface area contributed by atoms with E-state index in [-0.39, 0.29) is 11.9 Å². The van der Waals surface area contributed by atoms with E-state index in [4.69, 9.17) is 4.74 Å². The van der Waals surface area contributed by atoms with Gasteiger partial charge in [-0.3, -0.25) is 4.79 Å². The number of hydrogen-bond acceptors (Lipinski definition) is 5. The van der Waals surface area contributed by atoms with Crippen molar-refractivity contribution in [1.82, 2.24) is 20.3 Å². The molecule has 3 heterocycles. The van der Waals surface area contributed by atoms with Crippen LogP contribution in [0.5, 0.6) is 5.88 Å². The van der Waals surface area contributed by atoms with Crippen LogP contribution in [0, 0.1) is 0 Å². The molecule has 2 aromatic rings. The first kappa shape index (κ1) is 14.4. The number of nitrogens with zero attached hydrogens (tertiary/aromatic N) is 2. The van der Waals surface area contributed by atoms with Crippen molar-refractivity contribution in [2.75, 3.05) is 12.4 Å². The largest absolute Gasteiger partial charge is 0.481 e. The zero-order valence-electron chi connectivity index (χ0n) is 12.6. The molecule has 22 heavy (non-hydrogen) atoms. The number of nitrogens with one attached hydrogen (secondary N) is 3. The number of ether oxygens (including phenoxy) is 1. The number of imidazole rings is 1. The summed E-state index contributed by atoms with van der Waals surface area (Å²) in [7, 11) is 1.57. The van der Waals surface area contributed by atoms with Crippen LogP contribution in [0.2, 0.25) is 0 Å². The first-order chi connectivity index (χ1) is 10.7. The van der Waals surface area contributed by atoms with Crippen molar-refractivity contribution in [3.8, 4) is 5.88 Å². The molecule has 1 atom stereocenters. The maximum Gasteiger partial charge on any atom is 0.243 e. The molecule has 0 bridgehead atoms. The lowest BCUT2D eigenvalue weighted by atomic mass is 10.1. The highest BCUT2D eigenvalue weighted by Gasteiger charge is 2.27. The Kier molecular flexibility index (Phi) is 3.95. The molecule has 1 amide bonds. The summed E-state index contributed by atoms with van der Waals surface area (Å²) in [6, 6.07) is 3.44. The summed E-state index contributed by atoms with van der Waals surface area (Å²) < 4.78 is 5.09. The highest BCUT2D eigenvalue weighted by atomic mass is 16.5. The molecule has 0 fully saturated rings. The van der Waals surface area contributed by atoms with Gasteiger partial charge >= 0.3 is 0 Å². The summed E-state index contributed by atoms with van der Waals surface area (Å²) in [6.45, 7) is 2.47. The Morgan fingerprint density at radius 3 is 3.09 bits per heavy atom. The molecule has 116 valence electrons. The number of pyridine rings is 1. The van der Waals surface area contributed by atoms with E-state index in [0.29, 0.717) is 24.7 Å². The number of rotatable bonds is 5. The fourth-order valence-electron chi connectivity index (χ4n) is 2.45. The van der Waals surface area contributed by atoms with E-state index in [1.165, 1.54) is 0 Å². The van der Waals surface area contributed by atoms with Gasteiger partial charge in [0.2, 0.25) is 11.8 Å². The number of aromatic nitrogens is 3. The Morgan fingerprint density at radius 1 is 1.50 bits per heavy atom. The fraction of sp³-hybridized carbons (Fsp3) is 0.400. The first-order valence-electron chi connectivity index (χ1n) is 7.30. The molecular weight excluding hydrogens is 282 g/mol. The van der Waals surface area contributed by atoms with Crippen LogP contribution in [0.4, 0.5) is 5.82 Å². The van der Waals surface area contributed by atoms with Crippen molar-refractivity contribution < 1.29 is 9.53 Å². The average molecular weight is 301 g/mol. The van der Waals surface area contributed by atoms with Crippen molar-refractivity contribution in [2.24, 2.45) is 0 Å². The zero-order chi connectivity index (χ0) is 15.5. The summed E-state index contributed by atoms with van der Waals surface area (Å²) in [5, 5.41) is 6.04. The molecule has 0 spiro atoms. The summed E-state index contributed by atoms with van der Waals surface area (Å²) in [6.07, 6.45) is 3.23. The monoisotopic (exact) mass is 301 g/mol. The highest BCUT2D eigenvalue weighted by molar-refractivity contribution is 5.86. The van der Waals surface area contributed by atoms with Crippen molar-refractivity contribution in [3.63, 3.8) is 0 Å². The molecule has 3 N–H and O–H groups in total. The molecule has 0 saturated heterocycles. The van der Waals surface area contributed by atoms with Crippen LogP contribution in [0.3, 0.4) is 0 Å². The van der Waals surface area contributed by atoms with Gasteiger partial charge in [-0.1, -0.05) is 6.92 Å². The van der Waals surface area contributed by atoms with Crippen LogP contribution in [0.1, 0.15) is 24.0 Å². The zero-order valence-corrected chi connectivity index (χ0v) is 12.6. The highest BCUT2D eigenvalue weighted by Crippen LogP contribution is 2.26. The van der Waals surface area contributed by atoms with E-state index in [2.05, 4.69) is 25.6 Å². The van der Waals surface area contributed by atoms with E-state index < -0.39 is 0 Å². The van der Waals surface area contributed by atoms with Crippen molar-refractivity contribution in [3.05, 3.63) is 35.4 Å². The molecule has 1 unspecified atom stereocenters. The van der Waals surface area contributed by atoms with E-state index in [9.17, 15) is 4.79 Å². The number of anilines is 1. The average Bonchev–Trinajstić information content (AvgIpc) is 3.18. The van der Waals surface area contributed by atoms with Crippen LogP contribution >= 0.6 is 0 Å². The third-order valence-electron chi connectivity index (χ3n) is 3.68. The maximum atomic E-state index is 12.3. The minimum atomic E-state index is -0.303. The molecule has 1 aliphatic rings. The number of amides is 1. The van der Waals surface area contributed by atoms with Crippen LogP contribution in [-0.2, 0) is 24.2 Å². The third kappa shape index (κ3) is 2.88. The van der Waals surface area contributed by atoms with Gasteiger partial charge in [0.05, 0.1) is 25.5 Å². The second kappa shape index (κ2) is 6.05. The number of aromatic amines is 1. The molecule has 1 aliphatic heterocycles. The lowest BCUT2D eigenvalue weighted by Gasteiger charge is -2.10. The Balaban J connectivity index is 1.58. The molecule has 7 heteroatoms. The Morgan fingerprint density at radius 2 is 2.36 bits per heavy atom. The minimum Gasteiger partial charge on any atom is -0.481 e. The van der Waals surface area contributed by atoms with Gasteiger partial charge in [0.1, 0.15) is 17.7 Å². The van der Waals surface area contributed by atoms with E-state index in [1.807, 2.05) is 13.0 Å². The predicted octanol–water partition coefficient (Wildman–Crippen LogP) is 1.03. The molecule has 0 aliphatic carbocycles. The van der Waals surface area contributed by atoms with Gasteiger partial charge in [-0.05, 0) is 11.6 Å². The topological polar surface area (TPSA) is 91.9 Å². The second-order valence-electron chi connectivity index (χ2n) is 5.19. The van der Waals surface area contributed by atoms with Gasteiger partial charge in [-0.25, -0.2) is 4.98 Å². The lowest BCUT2D eigenvalue weighted by Crippen LogP contribution is -2.38. The van der Waals surface area contributed by atoms with E-state index in [1.54, 1.807) is 19.4 Å². The minimum absolute atomic E-state index is 0.0513. The van der Waals surface area contributed by atoms with E-state index >= 15 is 0 Å². The van der Waals surface area contributed by atoms with Gasteiger partial charge in [-0.15, -0.1) is 0 Å². The SMILES string of the molecule is CCc1ncc(CNC(=O)C2Cc3ccc(OC)nc3N2)[nH]1. The number of methoxy groups -OCH3 is 1. The van der Waals surface area contributed by atoms with Gasteiger partial charge in [-0.2, -0.15) is 4.98 Å². The number of hydrogen-bond donors (Lipinski definition) is 3. The van der Waals surface area contributed by atoms with Crippen molar-refractivity contribution in [1.29, 1.82) is 0 Å². The van der Waals surface area contributed by atoms with Crippen molar-refractivity contribution in [2.45, 2.75) is 32.4 Å². The number of carbonyl (C=O) groups is 1. The second-order valence-corrected chi connectivity index (χ2v) is 5.19. The molecule has 3 rings (SSSR count). The Labute approximate surface area is 128 Å². The Bertz CT molecular complexity index is 682. The molecule has 0 aromatic carbocycles. The Hall–Kier alpha value is -2.57. The fourth-order valence-corrected chi connectivity index (χ4v) is 2.45. The normalized spacial score (nSPS) is 16.0.